The van der Waals surface area contributed by atoms with Crippen molar-refractivity contribution in [3.63, 3.8) is 0 Å². The first kappa shape index (κ1) is 11.2. The highest BCUT2D eigenvalue weighted by molar-refractivity contribution is 5.37. The number of hydrogen-bond acceptors (Lipinski definition) is 4. The molecule has 0 aliphatic heterocycles. The summed E-state index contributed by atoms with van der Waals surface area (Å²) in [6.07, 6.45) is -4.74. The lowest BCUT2D eigenvalue weighted by Gasteiger charge is -2.06. The van der Waals surface area contributed by atoms with Crippen LogP contribution in [0.1, 0.15) is 5.69 Å². The van der Waals surface area contributed by atoms with Crippen molar-refractivity contribution in [3.8, 4) is 5.88 Å². The Hall–Kier alpha value is -1.86. The molecule has 1 aromatic rings. The molecule has 0 N–H and O–H groups in total. The predicted octanol–water partition coefficient (Wildman–Crippen LogP) is 2.02. The van der Waals surface area contributed by atoms with Gasteiger partial charge in [-0.3, -0.25) is 10.1 Å². The number of hydrogen-bond donors (Lipinski definition) is 0. The van der Waals surface area contributed by atoms with E-state index in [4.69, 9.17) is 0 Å². The molecule has 0 saturated carbocycles. The molecule has 0 fully saturated rings. The Morgan fingerprint density at radius 2 is 2.07 bits per heavy atom. The van der Waals surface area contributed by atoms with Crippen molar-refractivity contribution in [1.82, 2.24) is 4.98 Å². The molecule has 15 heavy (non-hydrogen) atoms. The van der Waals surface area contributed by atoms with Crippen molar-refractivity contribution in [1.29, 1.82) is 0 Å². The van der Waals surface area contributed by atoms with E-state index in [-0.39, 0.29) is 0 Å². The summed E-state index contributed by atoms with van der Waals surface area (Å²) in [5.74, 6) is -0.448. The zero-order valence-corrected chi connectivity index (χ0v) is 7.41. The maximum Gasteiger partial charge on any atom is 0.433 e. The molecule has 1 rings (SSSR count). The van der Waals surface area contributed by atoms with Gasteiger partial charge in [-0.05, 0) is 0 Å². The summed E-state index contributed by atoms with van der Waals surface area (Å²) in [5, 5.41) is 10.3. The average Bonchev–Trinajstić information content (AvgIpc) is 2.15. The highest BCUT2D eigenvalue weighted by Gasteiger charge is 2.35. The van der Waals surface area contributed by atoms with E-state index in [0.29, 0.717) is 6.07 Å². The van der Waals surface area contributed by atoms with E-state index < -0.39 is 28.4 Å². The molecular formula is C7H5F3N2O3. The fraction of sp³-hybridized carbons (Fsp3) is 0.286. The van der Waals surface area contributed by atoms with Crippen molar-refractivity contribution in [2.24, 2.45) is 0 Å². The molecule has 82 valence electrons. The van der Waals surface area contributed by atoms with Gasteiger partial charge in [-0.15, -0.1) is 0 Å². The molecule has 0 amide bonds. The summed E-state index contributed by atoms with van der Waals surface area (Å²) in [7, 11) is 1.08. The van der Waals surface area contributed by atoms with Crippen molar-refractivity contribution >= 4 is 5.69 Å². The molecule has 0 aliphatic carbocycles. The van der Waals surface area contributed by atoms with Gasteiger partial charge in [0.05, 0.1) is 18.1 Å². The molecule has 0 spiro atoms. The monoisotopic (exact) mass is 222 g/mol. The van der Waals surface area contributed by atoms with Gasteiger partial charge in [0.1, 0.15) is 0 Å². The molecular weight excluding hydrogens is 217 g/mol. The summed E-state index contributed by atoms with van der Waals surface area (Å²) in [6.45, 7) is 0. The van der Waals surface area contributed by atoms with E-state index >= 15 is 0 Å². The smallest absolute Gasteiger partial charge is 0.433 e. The van der Waals surface area contributed by atoms with Crippen LogP contribution >= 0.6 is 0 Å². The van der Waals surface area contributed by atoms with E-state index in [1.807, 2.05) is 0 Å². The third kappa shape index (κ3) is 2.55. The van der Waals surface area contributed by atoms with Gasteiger partial charge >= 0.3 is 6.18 Å². The first-order valence-electron chi connectivity index (χ1n) is 3.62. The van der Waals surface area contributed by atoms with Crippen LogP contribution < -0.4 is 4.74 Å². The van der Waals surface area contributed by atoms with Gasteiger partial charge < -0.3 is 4.74 Å². The minimum atomic E-state index is -4.74. The topological polar surface area (TPSA) is 65.3 Å². The quantitative estimate of drug-likeness (QED) is 0.567. The van der Waals surface area contributed by atoms with Crippen molar-refractivity contribution in [2.75, 3.05) is 7.11 Å². The van der Waals surface area contributed by atoms with Crippen LogP contribution in [-0.2, 0) is 6.18 Å². The Labute approximate surface area is 81.6 Å². The maximum absolute atomic E-state index is 12.2. The standard InChI is InChI=1S/C7H5F3N2O3/c1-15-6-3-4(12(13)14)2-5(11-6)7(8,9)10/h2-3H,1H3. The number of methoxy groups -OCH3 is 1. The SMILES string of the molecule is COc1cc([N+](=O)[O-])cc(C(F)(F)F)n1. The first-order chi connectivity index (χ1) is 6.84. The second kappa shape index (κ2) is 3.71. The minimum absolute atomic E-state index is 0.350. The lowest BCUT2D eigenvalue weighted by Crippen LogP contribution is -2.09. The van der Waals surface area contributed by atoms with Crippen LogP contribution in [0.3, 0.4) is 0 Å². The van der Waals surface area contributed by atoms with Gasteiger partial charge in [0.25, 0.3) is 5.69 Å². The Kier molecular flexibility index (Phi) is 2.78. The minimum Gasteiger partial charge on any atom is -0.481 e. The number of nitro groups is 1. The number of nitrogens with zero attached hydrogens (tertiary/aromatic N) is 2. The van der Waals surface area contributed by atoms with E-state index in [1.165, 1.54) is 0 Å². The van der Waals surface area contributed by atoms with Gasteiger partial charge in [-0.1, -0.05) is 0 Å². The van der Waals surface area contributed by atoms with Crippen LogP contribution in [-0.4, -0.2) is 17.0 Å². The zero-order chi connectivity index (χ0) is 11.6. The van der Waals surface area contributed by atoms with Crippen LogP contribution in [0, 0.1) is 10.1 Å². The van der Waals surface area contributed by atoms with Crippen LogP contribution in [0.5, 0.6) is 5.88 Å². The lowest BCUT2D eigenvalue weighted by molar-refractivity contribution is -0.385. The van der Waals surface area contributed by atoms with Gasteiger partial charge in [-0.25, -0.2) is 4.98 Å². The largest absolute Gasteiger partial charge is 0.481 e. The first-order valence-corrected chi connectivity index (χ1v) is 3.62. The molecule has 0 saturated heterocycles. The molecule has 0 radical (unpaired) electrons. The Morgan fingerprint density at radius 3 is 2.47 bits per heavy atom. The molecule has 0 aromatic carbocycles. The number of ether oxygens (including phenoxy) is 1. The highest BCUT2D eigenvalue weighted by atomic mass is 19.4. The van der Waals surface area contributed by atoms with Crippen molar-refractivity contribution < 1.29 is 22.8 Å². The second-order valence-electron chi connectivity index (χ2n) is 2.51. The number of aromatic nitrogens is 1. The second-order valence-corrected chi connectivity index (χ2v) is 2.51. The molecule has 0 bridgehead atoms. The Morgan fingerprint density at radius 1 is 1.47 bits per heavy atom. The highest BCUT2D eigenvalue weighted by Crippen LogP contribution is 2.31. The van der Waals surface area contributed by atoms with E-state index in [0.717, 1.165) is 13.2 Å². The third-order valence-electron chi connectivity index (χ3n) is 1.50. The predicted molar refractivity (Wildman–Crippen MR) is 42.4 cm³/mol. The van der Waals surface area contributed by atoms with E-state index in [9.17, 15) is 23.3 Å². The molecule has 1 aromatic heterocycles. The molecule has 0 atom stereocenters. The summed E-state index contributed by atoms with van der Waals surface area (Å²) >= 11 is 0. The maximum atomic E-state index is 12.2. The molecule has 0 aliphatic rings. The van der Waals surface area contributed by atoms with Gasteiger partial charge in [0.2, 0.25) is 5.88 Å². The zero-order valence-electron chi connectivity index (χ0n) is 7.41. The van der Waals surface area contributed by atoms with Crippen LogP contribution in [0.2, 0.25) is 0 Å². The number of pyridine rings is 1. The van der Waals surface area contributed by atoms with Crippen LogP contribution in [0.4, 0.5) is 18.9 Å². The van der Waals surface area contributed by atoms with E-state index in [2.05, 4.69) is 9.72 Å². The Balaban J connectivity index is 3.30. The molecule has 8 heteroatoms. The Bertz CT molecular complexity index is 392. The fourth-order valence-corrected chi connectivity index (χ4v) is 0.847. The van der Waals surface area contributed by atoms with Gasteiger partial charge in [0.15, 0.2) is 5.69 Å². The normalized spacial score (nSPS) is 11.2. The van der Waals surface area contributed by atoms with Crippen LogP contribution in [0.15, 0.2) is 12.1 Å². The van der Waals surface area contributed by atoms with Gasteiger partial charge in [-0.2, -0.15) is 13.2 Å². The number of alkyl halides is 3. The summed E-state index contributed by atoms with van der Waals surface area (Å²) in [6, 6.07) is 1.16. The number of rotatable bonds is 2. The third-order valence-corrected chi connectivity index (χ3v) is 1.50. The van der Waals surface area contributed by atoms with Gasteiger partial charge in [0, 0.05) is 6.07 Å². The lowest BCUT2D eigenvalue weighted by atomic mass is 10.3. The van der Waals surface area contributed by atoms with Crippen molar-refractivity contribution in [3.05, 3.63) is 27.9 Å². The fourth-order valence-electron chi connectivity index (χ4n) is 0.847. The summed E-state index contributed by atoms with van der Waals surface area (Å²) < 4.78 is 41.0. The summed E-state index contributed by atoms with van der Waals surface area (Å²) in [4.78, 5) is 12.4. The summed E-state index contributed by atoms with van der Waals surface area (Å²) in [5.41, 5.74) is -2.07. The van der Waals surface area contributed by atoms with E-state index in [1.54, 1.807) is 0 Å². The van der Waals surface area contributed by atoms with Crippen molar-refractivity contribution in [2.45, 2.75) is 6.18 Å². The molecule has 5 nitrogen and oxygen atoms in total. The molecule has 0 unspecified atom stereocenters. The molecule has 1 heterocycles. The average molecular weight is 222 g/mol. The van der Waals surface area contributed by atoms with Crippen LogP contribution in [0.25, 0.3) is 0 Å². The number of halogens is 3.